The Morgan fingerprint density at radius 2 is 1.19 bits per heavy atom. The van der Waals surface area contributed by atoms with Gasteiger partial charge in [0.25, 0.3) is 0 Å². The zero-order valence-electron chi connectivity index (χ0n) is 19.2. The van der Waals surface area contributed by atoms with Gasteiger partial charge in [-0.15, -0.1) is 0 Å². The second kappa shape index (κ2) is 8.09. The Morgan fingerprint density at radius 3 is 1.47 bits per heavy atom. The Hall–Kier alpha value is -3.13. The second-order valence-electron chi connectivity index (χ2n) is 10.6. The summed E-state index contributed by atoms with van der Waals surface area (Å²) in [5.74, 6) is 0.239. The molecule has 0 bridgehead atoms. The van der Waals surface area contributed by atoms with E-state index in [4.69, 9.17) is 0 Å². The minimum Gasteiger partial charge on any atom is -0.326 e. The van der Waals surface area contributed by atoms with E-state index < -0.39 is 0 Å². The lowest BCUT2D eigenvalue weighted by Crippen LogP contribution is -2.16. The van der Waals surface area contributed by atoms with Gasteiger partial charge in [-0.3, -0.25) is 9.59 Å². The minimum atomic E-state index is -0.0702. The molecule has 2 N–H and O–H groups in total. The summed E-state index contributed by atoms with van der Waals surface area (Å²) >= 11 is 0. The SMILES string of the molecule is CC1(C)CC1C(=O)Nc1ccc(C(CC#N)c2ccc(NC(=O)C3CC3(C)C)cc2)cc1. The fourth-order valence-electron chi connectivity index (χ4n) is 4.41. The van der Waals surface area contributed by atoms with Crippen LogP contribution in [0.3, 0.4) is 0 Å². The van der Waals surface area contributed by atoms with Crippen LogP contribution >= 0.6 is 0 Å². The minimum absolute atomic E-state index is 0.0702. The number of hydrogen-bond donors (Lipinski definition) is 2. The maximum atomic E-state index is 12.3. The molecule has 166 valence electrons. The van der Waals surface area contributed by atoms with Gasteiger partial charge in [0.2, 0.25) is 11.8 Å². The van der Waals surface area contributed by atoms with Gasteiger partial charge in [-0.25, -0.2) is 0 Å². The summed E-state index contributed by atoms with van der Waals surface area (Å²) in [6, 6.07) is 17.8. The lowest BCUT2D eigenvalue weighted by molar-refractivity contribution is -0.118. The van der Waals surface area contributed by atoms with Gasteiger partial charge >= 0.3 is 0 Å². The van der Waals surface area contributed by atoms with Gasteiger partial charge in [0, 0.05) is 35.5 Å². The van der Waals surface area contributed by atoms with Crippen molar-refractivity contribution in [3.05, 3.63) is 59.7 Å². The zero-order chi connectivity index (χ0) is 23.1. The van der Waals surface area contributed by atoms with E-state index in [1.165, 1.54) is 0 Å². The van der Waals surface area contributed by atoms with E-state index >= 15 is 0 Å². The van der Waals surface area contributed by atoms with Gasteiger partial charge in [0.1, 0.15) is 0 Å². The largest absolute Gasteiger partial charge is 0.326 e. The lowest BCUT2D eigenvalue weighted by atomic mass is 9.89. The normalized spacial score (nSPS) is 22.8. The second-order valence-corrected chi connectivity index (χ2v) is 10.6. The van der Waals surface area contributed by atoms with E-state index in [2.05, 4.69) is 44.4 Å². The van der Waals surface area contributed by atoms with Crippen molar-refractivity contribution in [1.82, 2.24) is 0 Å². The van der Waals surface area contributed by atoms with E-state index in [0.717, 1.165) is 35.3 Å². The molecule has 0 aromatic heterocycles. The molecule has 4 rings (SSSR count). The van der Waals surface area contributed by atoms with Crippen LogP contribution in [0.15, 0.2) is 48.5 Å². The number of benzene rings is 2. The maximum Gasteiger partial charge on any atom is 0.228 e. The van der Waals surface area contributed by atoms with Gasteiger partial charge in [0.15, 0.2) is 0 Å². The third-order valence-electron chi connectivity index (χ3n) is 7.12. The van der Waals surface area contributed by atoms with Gasteiger partial charge in [0.05, 0.1) is 6.07 Å². The summed E-state index contributed by atoms with van der Waals surface area (Å²) < 4.78 is 0. The smallest absolute Gasteiger partial charge is 0.228 e. The molecule has 2 aromatic rings. The van der Waals surface area contributed by atoms with Crippen LogP contribution in [0.2, 0.25) is 0 Å². The molecule has 2 unspecified atom stereocenters. The molecule has 0 heterocycles. The summed E-state index contributed by atoms with van der Waals surface area (Å²) in [7, 11) is 0. The summed E-state index contributed by atoms with van der Waals surface area (Å²) in [4.78, 5) is 24.7. The topological polar surface area (TPSA) is 82.0 Å². The van der Waals surface area contributed by atoms with Gasteiger partial charge in [-0.1, -0.05) is 52.0 Å². The number of nitriles is 1. The molecule has 0 spiro atoms. The summed E-state index contributed by atoms with van der Waals surface area (Å²) in [6.07, 6.45) is 2.20. The average molecular weight is 430 g/mol. The van der Waals surface area contributed by atoms with Crippen molar-refractivity contribution in [3.63, 3.8) is 0 Å². The molecule has 5 heteroatoms. The number of hydrogen-bond acceptors (Lipinski definition) is 3. The van der Waals surface area contributed by atoms with Gasteiger partial charge < -0.3 is 10.6 Å². The summed E-state index contributed by atoms with van der Waals surface area (Å²) in [5.41, 5.74) is 3.79. The van der Waals surface area contributed by atoms with Crippen LogP contribution < -0.4 is 10.6 Å². The molecule has 0 radical (unpaired) electrons. The van der Waals surface area contributed by atoms with Crippen LogP contribution in [0.25, 0.3) is 0 Å². The predicted octanol–water partition coefficient (Wildman–Crippen LogP) is 5.70. The first-order chi connectivity index (χ1) is 15.1. The third-order valence-corrected chi connectivity index (χ3v) is 7.12. The van der Waals surface area contributed by atoms with E-state index in [9.17, 15) is 14.9 Å². The van der Waals surface area contributed by atoms with E-state index in [-0.39, 0.29) is 40.4 Å². The standard InChI is InChI=1S/C27H31N3O2/c1-26(2)15-22(26)24(31)29-19-9-5-17(6-10-19)21(13-14-28)18-7-11-20(12-8-18)30-25(32)23-16-27(23,3)4/h5-12,21-23H,13,15-16H2,1-4H3,(H,29,31)(H,30,32). The van der Waals surface area contributed by atoms with Crippen molar-refractivity contribution in [1.29, 1.82) is 5.26 Å². The van der Waals surface area contributed by atoms with Crippen LogP contribution in [0.4, 0.5) is 11.4 Å². The van der Waals surface area contributed by atoms with Crippen LogP contribution in [-0.2, 0) is 9.59 Å². The number of amides is 2. The highest BCUT2D eigenvalue weighted by Gasteiger charge is 2.51. The van der Waals surface area contributed by atoms with Gasteiger partial charge in [-0.2, -0.15) is 5.26 Å². The number of carbonyl (C=O) groups excluding carboxylic acids is 2. The number of rotatable bonds is 7. The number of anilines is 2. The quantitative estimate of drug-likeness (QED) is 0.592. The van der Waals surface area contributed by atoms with Crippen molar-refractivity contribution >= 4 is 23.2 Å². The highest BCUT2D eigenvalue weighted by atomic mass is 16.2. The number of nitrogens with one attached hydrogen (secondary N) is 2. The van der Waals surface area contributed by atoms with Crippen molar-refractivity contribution in [2.75, 3.05) is 10.6 Å². The molecule has 2 aliphatic rings. The molecule has 2 aromatic carbocycles. The molecule has 2 amide bonds. The molecule has 2 atom stereocenters. The lowest BCUT2D eigenvalue weighted by Gasteiger charge is -2.16. The van der Waals surface area contributed by atoms with Crippen molar-refractivity contribution in [2.24, 2.45) is 22.7 Å². The first kappa shape index (κ1) is 22.1. The Balaban J connectivity index is 1.42. The molecule has 32 heavy (non-hydrogen) atoms. The van der Waals surface area contributed by atoms with Gasteiger partial charge in [-0.05, 0) is 59.1 Å². The van der Waals surface area contributed by atoms with Crippen LogP contribution in [0.5, 0.6) is 0 Å². The fraction of sp³-hybridized carbons (Fsp3) is 0.444. The van der Waals surface area contributed by atoms with Crippen molar-refractivity contribution in [3.8, 4) is 6.07 Å². The van der Waals surface area contributed by atoms with E-state index in [1.807, 2.05) is 48.5 Å². The number of nitrogens with zero attached hydrogens (tertiary/aromatic N) is 1. The monoisotopic (exact) mass is 429 g/mol. The Kier molecular flexibility index (Phi) is 5.58. The molecular weight excluding hydrogens is 398 g/mol. The zero-order valence-corrected chi connectivity index (χ0v) is 19.2. The third kappa shape index (κ3) is 4.70. The maximum absolute atomic E-state index is 12.3. The average Bonchev–Trinajstić information content (AvgIpc) is 3.60. The molecule has 2 fully saturated rings. The van der Waals surface area contributed by atoms with Crippen LogP contribution in [0.1, 0.15) is 64.0 Å². The Labute approximate surface area is 190 Å². The fourth-order valence-corrected chi connectivity index (χ4v) is 4.41. The highest BCUT2D eigenvalue weighted by Crippen LogP contribution is 2.52. The molecule has 2 saturated carbocycles. The van der Waals surface area contributed by atoms with Crippen LogP contribution in [-0.4, -0.2) is 11.8 Å². The first-order valence-electron chi connectivity index (χ1n) is 11.3. The van der Waals surface area contributed by atoms with E-state index in [1.54, 1.807) is 0 Å². The van der Waals surface area contributed by atoms with Crippen molar-refractivity contribution in [2.45, 2.75) is 52.9 Å². The van der Waals surface area contributed by atoms with Crippen molar-refractivity contribution < 1.29 is 9.59 Å². The summed E-state index contributed by atoms with van der Waals surface area (Å²) in [5, 5.41) is 15.4. The molecule has 5 nitrogen and oxygen atoms in total. The first-order valence-corrected chi connectivity index (χ1v) is 11.3. The highest BCUT2D eigenvalue weighted by molar-refractivity contribution is 5.95. The molecular formula is C27H31N3O2. The predicted molar refractivity (Wildman–Crippen MR) is 126 cm³/mol. The van der Waals surface area contributed by atoms with E-state index in [0.29, 0.717) is 6.42 Å². The molecule has 0 aliphatic heterocycles. The molecule has 0 saturated heterocycles. The molecule has 2 aliphatic carbocycles. The Bertz CT molecular complexity index is 982. The summed E-state index contributed by atoms with van der Waals surface area (Å²) in [6.45, 7) is 8.43. The number of carbonyl (C=O) groups is 2. The van der Waals surface area contributed by atoms with Crippen LogP contribution in [0, 0.1) is 34.0 Å². The Morgan fingerprint density at radius 1 is 0.844 bits per heavy atom.